The lowest BCUT2D eigenvalue weighted by molar-refractivity contribution is -0.384. The molecule has 8 heteroatoms. The molecular weight excluding hydrogens is 300 g/mol. The van der Waals surface area contributed by atoms with Gasteiger partial charge in [0.2, 0.25) is 0 Å². The molecule has 2 heterocycles. The number of hydrogen-bond donors (Lipinski definition) is 1. The SMILES string of the molecule is CCOC(=O)N1CCN(c2c([N+](=O)[O-])ccc3c2CCN3)CC1. The lowest BCUT2D eigenvalue weighted by Gasteiger charge is -2.35. The van der Waals surface area contributed by atoms with Crippen LogP contribution in [0.3, 0.4) is 0 Å². The summed E-state index contributed by atoms with van der Waals surface area (Å²) in [5, 5.41) is 14.7. The lowest BCUT2D eigenvalue weighted by Crippen LogP contribution is -2.49. The Labute approximate surface area is 134 Å². The zero-order valence-corrected chi connectivity index (χ0v) is 13.1. The molecule has 0 aromatic heterocycles. The zero-order chi connectivity index (χ0) is 16.4. The van der Waals surface area contributed by atoms with E-state index in [1.165, 1.54) is 0 Å². The minimum atomic E-state index is -0.328. The molecule has 1 saturated heterocycles. The maximum absolute atomic E-state index is 11.8. The minimum absolute atomic E-state index is 0.136. The van der Waals surface area contributed by atoms with Crippen LogP contribution in [0.2, 0.25) is 0 Å². The van der Waals surface area contributed by atoms with Crippen molar-refractivity contribution in [1.82, 2.24) is 4.90 Å². The molecule has 1 fully saturated rings. The quantitative estimate of drug-likeness (QED) is 0.675. The van der Waals surface area contributed by atoms with Gasteiger partial charge in [0.1, 0.15) is 5.69 Å². The monoisotopic (exact) mass is 320 g/mol. The van der Waals surface area contributed by atoms with Crippen molar-refractivity contribution < 1.29 is 14.5 Å². The smallest absolute Gasteiger partial charge is 0.409 e. The summed E-state index contributed by atoms with van der Waals surface area (Å²) >= 11 is 0. The molecule has 0 bridgehead atoms. The first kappa shape index (κ1) is 15.4. The number of carbonyl (C=O) groups is 1. The van der Waals surface area contributed by atoms with E-state index in [9.17, 15) is 14.9 Å². The normalized spacial score (nSPS) is 16.7. The van der Waals surface area contributed by atoms with Crippen LogP contribution in [0, 0.1) is 10.1 Å². The van der Waals surface area contributed by atoms with E-state index in [2.05, 4.69) is 5.32 Å². The van der Waals surface area contributed by atoms with Crippen LogP contribution in [0.25, 0.3) is 0 Å². The number of piperazine rings is 1. The van der Waals surface area contributed by atoms with Crippen LogP contribution in [0.4, 0.5) is 21.9 Å². The van der Waals surface area contributed by atoms with E-state index in [-0.39, 0.29) is 16.7 Å². The van der Waals surface area contributed by atoms with Gasteiger partial charge in [-0.3, -0.25) is 10.1 Å². The van der Waals surface area contributed by atoms with Crippen LogP contribution in [0.1, 0.15) is 12.5 Å². The average Bonchev–Trinajstić information content (AvgIpc) is 3.02. The van der Waals surface area contributed by atoms with Crippen molar-refractivity contribution >= 4 is 23.2 Å². The Bertz CT molecular complexity index is 626. The molecule has 0 spiro atoms. The van der Waals surface area contributed by atoms with E-state index in [4.69, 9.17) is 4.74 Å². The molecule has 1 aromatic carbocycles. The highest BCUT2D eigenvalue weighted by Gasteiger charge is 2.30. The van der Waals surface area contributed by atoms with Crippen LogP contribution >= 0.6 is 0 Å². The van der Waals surface area contributed by atoms with E-state index >= 15 is 0 Å². The van der Waals surface area contributed by atoms with Crippen LogP contribution in [0.5, 0.6) is 0 Å². The maximum Gasteiger partial charge on any atom is 0.409 e. The molecule has 1 amide bonds. The van der Waals surface area contributed by atoms with Gasteiger partial charge in [-0.1, -0.05) is 0 Å². The van der Waals surface area contributed by atoms with Crippen LogP contribution in [0.15, 0.2) is 12.1 Å². The molecule has 2 aliphatic rings. The van der Waals surface area contributed by atoms with Crippen LogP contribution in [-0.4, -0.2) is 55.2 Å². The Balaban J connectivity index is 1.82. The molecule has 1 aromatic rings. The van der Waals surface area contributed by atoms with Crippen LogP contribution < -0.4 is 10.2 Å². The highest BCUT2D eigenvalue weighted by Crippen LogP contribution is 2.39. The van der Waals surface area contributed by atoms with Crippen molar-refractivity contribution in [1.29, 1.82) is 0 Å². The molecule has 0 unspecified atom stereocenters. The van der Waals surface area contributed by atoms with Gasteiger partial charge in [-0.05, 0) is 19.4 Å². The summed E-state index contributed by atoms with van der Waals surface area (Å²) in [6.45, 7) is 5.07. The van der Waals surface area contributed by atoms with E-state index < -0.39 is 0 Å². The van der Waals surface area contributed by atoms with Gasteiger partial charge in [0.25, 0.3) is 5.69 Å². The summed E-state index contributed by atoms with van der Waals surface area (Å²) in [7, 11) is 0. The third-order valence-corrected chi connectivity index (χ3v) is 4.27. The molecule has 0 atom stereocenters. The van der Waals surface area contributed by atoms with Gasteiger partial charge in [0.15, 0.2) is 0 Å². The maximum atomic E-state index is 11.8. The molecule has 0 saturated carbocycles. The number of amides is 1. The Hall–Kier alpha value is -2.51. The van der Waals surface area contributed by atoms with Gasteiger partial charge in [-0.15, -0.1) is 0 Å². The fourth-order valence-corrected chi connectivity index (χ4v) is 3.19. The van der Waals surface area contributed by atoms with Gasteiger partial charge in [-0.2, -0.15) is 0 Å². The number of fused-ring (bicyclic) bond motifs is 1. The third-order valence-electron chi connectivity index (χ3n) is 4.27. The number of anilines is 2. The van der Waals surface area contributed by atoms with Gasteiger partial charge >= 0.3 is 6.09 Å². The number of nitro groups is 1. The Morgan fingerprint density at radius 2 is 2.09 bits per heavy atom. The molecule has 0 aliphatic carbocycles. The molecule has 0 radical (unpaired) electrons. The van der Waals surface area contributed by atoms with E-state index in [1.807, 2.05) is 4.90 Å². The zero-order valence-electron chi connectivity index (χ0n) is 13.1. The summed E-state index contributed by atoms with van der Waals surface area (Å²) in [4.78, 5) is 26.5. The highest BCUT2D eigenvalue weighted by atomic mass is 16.6. The number of nitrogens with zero attached hydrogens (tertiary/aromatic N) is 3. The van der Waals surface area contributed by atoms with Gasteiger partial charge in [-0.25, -0.2) is 4.79 Å². The van der Waals surface area contributed by atoms with Crippen molar-refractivity contribution in [2.45, 2.75) is 13.3 Å². The average molecular weight is 320 g/mol. The van der Waals surface area contributed by atoms with E-state index in [1.54, 1.807) is 24.0 Å². The number of rotatable bonds is 3. The molecule has 3 rings (SSSR count). The second-order valence-electron chi connectivity index (χ2n) is 5.57. The summed E-state index contributed by atoms with van der Waals surface area (Å²) < 4.78 is 5.01. The summed E-state index contributed by atoms with van der Waals surface area (Å²) in [6, 6.07) is 3.34. The summed E-state index contributed by atoms with van der Waals surface area (Å²) in [5.74, 6) is 0. The van der Waals surface area contributed by atoms with Crippen molar-refractivity contribution in [3.8, 4) is 0 Å². The number of nitro benzene ring substituents is 1. The number of ether oxygens (including phenoxy) is 1. The Kier molecular flexibility index (Phi) is 4.22. The first-order valence-electron chi connectivity index (χ1n) is 7.82. The summed E-state index contributed by atoms with van der Waals surface area (Å²) in [6.07, 6.45) is 0.464. The van der Waals surface area contributed by atoms with E-state index in [0.717, 1.165) is 24.2 Å². The first-order chi connectivity index (χ1) is 11.1. The highest BCUT2D eigenvalue weighted by molar-refractivity contribution is 5.78. The molecule has 2 aliphatic heterocycles. The van der Waals surface area contributed by atoms with Crippen molar-refractivity contribution in [3.63, 3.8) is 0 Å². The number of nitrogens with one attached hydrogen (secondary N) is 1. The number of benzene rings is 1. The van der Waals surface area contributed by atoms with Gasteiger partial charge in [0.05, 0.1) is 11.5 Å². The second kappa shape index (κ2) is 6.31. The summed E-state index contributed by atoms with van der Waals surface area (Å²) in [5.41, 5.74) is 2.81. The van der Waals surface area contributed by atoms with Crippen molar-refractivity contribution in [2.75, 3.05) is 49.5 Å². The second-order valence-corrected chi connectivity index (χ2v) is 5.57. The molecule has 124 valence electrons. The van der Waals surface area contributed by atoms with Crippen molar-refractivity contribution in [2.24, 2.45) is 0 Å². The molecular formula is C15H20N4O4. The topological polar surface area (TPSA) is 88.0 Å². The third kappa shape index (κ3) is 2.88. The fraction of sp³-hybridized carbons (Fsp3) is 0.533. The van der Waals surface area contributed by atoms with Crippen molar-refractivity contribution in [3.05, 3.63) is 27.8 Å². The number of carbonyl (C=O) groups excluding carboxylic acids is 1. The largest absolute Gasteiger partial charge is 0.450 e. The first-order valence-corrected chi connectivity index (χ1v) is 7.82. The molecule has 8 nitrogen and oxygen atoms in total. The Morgan fingerprint density at radius 3 is 2.74 bits per heavy atom. The minimum Gasteiger partial charge on any atom is -0.450 e. The predicted octanol–water partition coefficient (Wildman–Crippen LogP) is 1.84. The predicted molar refractivity (Wildman–Crippen MR) is 86.1 cm³/mol. The lowest BCUT2D eigenvalue weighted by atomic mass is 10.1. The Morgan fingerprint density at radius 1 is 1.35 bits per heavy atom. The van der Waals surface area contributed by atoms with Gasteiger partial charge in [0, 0.05) is 50.0 Å². The molecule has 23 heavy (non-hydrogen) atoms. The van der Waals surface area contributed by atoms with Crippen LogP contribution in [-0.2, 0) is 11.2 Å². The fourth-order valence-electron chi connectivity index (χ4n) is 3.19. The van der Waals surface area contributed by atoms with Gasteiger partial charge < -0.3 is 19.9 Å². The standard InChI is InChI=1S/C15H20N4O4/c1-2-23-15(20)18-9-7-17(8-10-18)14-11-5-6-16-12(11)3-4-13(14)19(21)22/h3-4,16H,2,5-10H2,1H3. The number of hydrogen-bond acceptors (Lipinski definition) is 6. The van der Waals surface area contributed by atoms with E-state index in [0.29, 0.717) is 38.5 Å². The molecule has 1 N–H and O–H groups in total.